The highest BCUT2D eigenvalue weighted by Gasteiger charge is 2.46. The van der Waals surface area contributed by atoms with Crippen LogP contribution in [0.3, 0.4) is 0 Å². The minimum Gasteiger partial charge on any atom is -0.378 e. The van der Waals surface area contributed by atoms with Crippen molar-refractivity contribution in [1.29, 1.82) is 0 Å². The Hall–Kier alpha value is -0.880. The molecule has 0 saturated heterocycles. The zero-order valence-corrected chi connectivity index (χ0v) is 18.9. The van der Waals surface area contributed by atoms with Crippen LogP contribution >= 0.6 is 7.37 Å². The summed E-state index contributed by atoms with van der Waals surface area (Å²) in [6.07, 6.45) is 12.9. The molecule has 0 aliphatic heterocycles. The molecule has 0 aromatic rings. The molecule has 0 aromatic carbocycles. The second kappa shape index (κ2) is 9.51. The van der Waals surface area contributed by atoms with Crippen LogP contribution in [0.2, 0.25) is 0 Å². The number of allylic oxidation sites excluding steroid dienone is 2. The smallest absolute Gasteiger partial charge is 0.197 e. The van der Waals surface area contributed by atoms with E-state index in [2.05, 4.69) is 17.9 Å². The van der Waals surface area contributed by atoms with Crippen molar-refractivity contribution < 1.29 is 19.4 Å². The van der Waals surface area contributed by atoms with E-state index in [0.717, 1.165) is 57.8 Å². The van der Waals surface area contributed by atoms with Crippen LogP contribution in [0.1, 0.15) is 77.6 Å². The first-order valence-electron chi connectivity index (χ1n) is 11.4. The van der Waals surface area contributed by atoms with Gasteiger partial charge < -0.3 is 14.8 Å². The normalized spacial score (nSPS) is 34.3. The van der Waals surface area contributed by atoms with Crippen molar-refractivity contribution in [3.05, 3.63) is 11.6 Å². The Morgan fingerprint density at radius 1 is 1.28 bits per heavy atom. The van der Waals surface area contributed by atoms with E-state index in [1.165, 1.54) is 18.7 Å². The molecule has 3 unspecified atom stereocenters. The number of Topliss-reactive ketones (excluding diaryl/α,β-unsaturated/α-hetero) is 1. The van der Waals surface area contributed by atoms with E-state index >= 15 is 0 Å². The van der Waals surface area contributed by atoms with Crippen LogP contribution in [0.4, 0.5) is 0 Å². The summed E-state index contributed by atoms with van der Waals surface area (Å²) in [4.78, 5) is 21.2. The first kappa shape index (κ1) is 22.8. The summed E-state index contributed by atoms with van der Waals surface area (Å²) < 4.78 is 11.4. The maximum absolute atomic E-state index is 11.8. The Morgan fingerprint density at radius 2 is 2.00 bits per heavy atom. The number of rotatable bonds is 6. The summed E-state index contributed by atoms with van der Waals surface area (Å²) in [5.41, 5.74) is 0.626. The van der Waals surface area contributed by atoms with E-state index in [9.17, 15) is 19.4 Å². The van der Waals surface area contributed by atoms with E-state index in [1.807, 2.05) is 0 Å². The number of hydrogen-bond acceptors (Lipinski definition) is 3. The van der Waals surface area contributed by atoms with E-state index in [-0.39, 0.29) is 11.7 Å². The molecule has 3 fully saturated rings. The van der Waals surface area contributed by atoms with Crippen LogP contribution in [0.25, 0.3) is 0 Å². The molecular formula is C24H37O4P. The molecule has 3 aliphatic carbocycles. The SMILES string of the molecule is CC(=O)C[C@H]1CC2C/C(=C/CCCP(C)(=O)O)CC2[C@H]1C#CC1(O)CCCCC1. The fourth-order valence-electron chi connectivity index (χ4n) is 5.75. The number of aliphatic hydroxyl groups is 1. The van der Waals surface area contributed by atoms with E-state index in [4.69, 9.17) is 0 Å². The van der Waals surface area contributed by atoms with Gasteiger partial charge in [-0.3, -0.25) is 4.57 Å². The predicted molar refractivity (Wildman–Crippen MR) is 117 cm³/mol. The van der Waals surface area contributed by atoms with Gasteiger partial charge in [0.25, 0.3) is 0 Å². The van der Waals surface area contributed by atoms with Crippen LogP contribution in [0.15, 0.2) is 11.6 Å². The third-order valence-corrected chi connectivity index (χ3v) is 8.26. The van der Waals surface area contributed by atoms with Crippen molar-refractivity contribution in [3.63, 3.8) is 0 Å². The third-order valence-electron chi connectivity index (χ3n) is 7.11. The molecule has 3 aliphatic rings. The molecule has 0 amide bonds. The maximum atomic E-state index is 11.8. The minimum atomic E-state index is -2.91. The zero-order valence-electron chi connectivity index (χ0n) is 18.0. The van der Waals surface area contributed by atoms with Gasteiger partial charge >= 0.3 is 0 Å². The highest BCUT2D eigenvalue weighted by Crippen LogP contribution is 2.53. The van der Waals surface area contributed by atoms with Gasteiger partial charge in [-0.15, -0.1) is 0 Å². The number of unbranched alkanes of at least 4 members (excludes halogenated alkanes) is 1. The van der Waals surface area contributed by atoms with Gasteiger partial charge in [-0.2, -0.15) is 0 Å². The summed E-state index contributed by atoms with van der Waals surface area (Å²) in [6.45, 7) is 3.10. The number of carbonyl (C=O) groups excluding carboxylic acids is 1. The Kier molecular flexibility index (Phi) is 7.47. The van der Waals surface area contributed by atoms with Crippen LogP contribution in [0.5, 0.6) is 0 Å². The van der Waals surface area contributed by atoms with Gasteiger partial charge in [0.1, 0.15) is 11.4 Å². The number of fused-ring (bicyclic) bond motifs is 1. The zero-order chi connectivity index (χ0) is 21.1. The van der Waals surface area contributed by atoms with Gasteiger partial charge in [-0.05, 0) is 82.5 Å². The molecule has 3 rings (SSSR count). The summed E-state index contributed by atoms with van der Waals surface area (Å²) in [6, 6.07) is 0. The van der Waals surface area contributed by atoms with Crippen LogP contribution in [-0.4, -0.2) is 34.2 Å². The molecule has 5 heteroatoms. The fraction of sp³-hybridized carbons (Fsp3) is 0.792. The predicted octanol–water partition coefficient (Wildman–Crippen LogP) is 4.93. The highest BCUT2D eigenvalue weighted by atomic mass is 31.2. The van der Waals surface area contributed by atoms with E-state index in [1.54, 1.807) is 6.92 Å². The molecule has 162 valence electrons. The van der Waals surface area contributed by atoms with Crippen molar-refractivity contribution >= 4 is 13.2 Å². The third kappa shape index (κ3) is 6.55. The Labute approximate surface area is 176 Å². The van der Waals surface area contributed by atoms with Crippen molar-refractivity contribution in [2.45, 2.75) is 83.2 Å². The lowest BCUT2D eigenvalue weighted by molar-refractivity contribution is -0.118. The first-order valence-corrected chi connectivity index (χ1v) is 13.7. The quantitative estimate of drug-likeness (QED) is 0.276. The number of ketones is 1. The van der Waals surface area contributed by atoms with Crippen molar-refractivity contribution in [2.24, 2.45) is 23.7 Å². The number of carbonyl (C=O) groups is 1. The fourth-order valence-corrected chi connectivity index (χ4v) is 6.51. The van der Waals surface area contributed by atoms with Gasteiger partial charge in [-0.1, -0.05) is 29.9 Å². The standard InChI is InChI=1S/C24H37O4P/c1-18(25)14-20-17-21-15-19(8-4-7-13-29(2,27)28)16-23(21)22(20)9-12-24(26)10-5-3-6-11-24/h8,20-23,26H,3-7,10-11,13-17H2,1-2H3,(H,27,28)/b19-8-/t20-,21?,22-,23?/m0/s1. The molecule has 5 atom stereocenters. The van der Waals surface area contributed by atoms with Crippen LogP contribution < -0.4 is 0 Å². The molecule has 3 saturated carbocycles. The summed E-state index contributed by atoms with van der Waals surface area (Å²) in [5.74, 6) is 8.57. The first-order chi connectivity index (χ1) is 13.7. The second-order valence-corrected chi connectivity index (χ2v) is 12.4. The monoisotopic (exact) mass is 420 g/mol. The lowest BCUT2D eigenvalue weighted by atomic mass is 9.82. The van der Waals surface area contributed by atoms with Gasteiger partial charge in [0.2, 0.25) is 0 Å². The lowest BCUT2D eigenvalue weighted by Gasteiger charge is -2.27. The maximum Gasteiger partial charge on any atom is 0.197 e. The summed E-state index contributed by atoms with van der Waals surface area (Å²) >= 11 is 0. The van der Waals surface area contributed by atoms with Crippen molar-refractivity contribution in [1.82, 2.24) is 0 Å². The van der Waals surface area contributed by atoms with Gasteiger partial charge in [0.15, 0.2) is 7.37 Å². The van der Waals surface area contributed by atoms with Crippen LogP contribution in [0, 0.1) is 35.5 Å². The summed E-state index contributed by atoms with van der Waals surface area (Å²) in [5, 5.41) is 10.8. The largest absolute Gasteiger partial charge is 0.378 e. The molecule has 29 heavy (non-hydrogen) atoms. The minimum absolute atomic E-state index is 0.203. The Bertz CT molecular complexity index is 732. The molecule has 0 radical (unpaired) electrons. The molecular weight excluding hydrogens is 383 g/mol. The topological polar surface area (TPSA) is 74.6 Å². The van der Waals surface area contributed by atoms with E-state index in [0.29, 0.717) is 30.3 Å². The highest BCUT2D eigenvalue weighted by molar-refractivity contribution is 7.57. The van der Waals surface area contributed by atoms with Crippen molar-refractivity contribution in [2.75, 3.05) is 12.8 Å². The molecule has 2 N–H and O–H groups in total. The van der Waals surface area contributed by atoms with E-state index < -0.39 is 13.0 Å². The Morgan fingerprint density at radius 3 is 2.66 bits per heavy atom. The van der Waals surface area contributed by atoms with Crippen LogP contribution in [-0.2, 0) is 9.36 Å². The van der Waals surface area contributed by atoms with Gasteiger partial charge in [0, 0.05) is 25.2 Å². The van der Waals surface area contributed by atoms with Crippen molar-refractivity contribution in [3.8, 4) is 11.8 Å². The Balaban J connectivity index is 1.66. The number of hydrogen-bond donors (Lipinski definition) is 2. The summed E-state index contributed by atoms with van der Waals surface area (Å²) in [7, 11) is -2.91. The average Bonchev–Trinajstić information content (AvgIpc) is 3.13. The lowest BCUT2D eigenvalue weighted by Crippen LogP contribution is -2.29. The average molecular weight is 421 g/mol. The molecule has 0 spiro atoms. The molecule has 0 bridgehead atoms. The molecule has 0 heterocycles. The van der Waals surface area contributed by atoms with Gasteiger partial charge in [-0.25, -0.2) is 0 Å². The van der Waals surface area contributed by atoms with Gasteiger partial charge in [0.05, 0.1) is 0 Å². The second-order valence-electron chi connectivity index (χ2n) is 9.90. The molecule has 4 nitrogen and oxygen atoms in total. The molecule has 0 aromatic heterocycles.